The first-order valence-electron chi connectivity index (χ1n) is 9.58. The van der Waals surface area contributed by atoms with E-state index in [1.807, 2.05) is 6.92 Å². The molecule has 0 unspecified atom stereocenters. The van der Waals surface area contributed by atoms with Crippen LogP contribution in [0.15, 0.2) is 30.5 Å². The van der Waals surface area contributed by atoms with Gasteiger partial charge in [0.25, 0.3) is 5.91 Å². The van der Waals surface area contributed by atoms with E-state index in [0.29, 0.717) is 36.6 Å². The summed E-state index contributed by atoms with van der Waals surface area (Å²) in [5, 5.41) is 8.92. The van der Waals surface area contributed by atoms with Crippen LogP contribution in [-0.4, -0.2) is 21.5 Å². The summed E-state index contributed by atoms with van der Waals surface area (Å²) in [6.07, 6.45) is -1.71. The number of pyridine rings is 1. The minimum atomic E-state index is -4.83. The van der Waals surface area contributed by atoms with E-state index in [0.717, 1.165) is 17.5 Å². The molecule has 0 radical (unpaired) electrons. The Bertz CT molecular complexity index is 1140. The summed E-state index contributed by atoms with van der Waals surface area (Å²) >= 11 is 5.49. The molecule has 0 bridgehead atoms. The van der Waals surface area contributed by atoms with Crippen molar-refractivity contribution < 1.29 is 22.4 Å². The third-order valence-electron chi connectivity index (χ3n) is 5.81. The summed E-state index contributed by atoms with van der Waals surface area (Å²) in [4.78, 5) is 19.5. The highest BCUT2D eigenvalue weighted by Gasteiger charge is 2.59. The Morgan fingerprint density at radius 1 is 1.26 bits per heavy atom. The van der Waals surface area contributed by atoms with Gasteiger partial charge in [-0.2, -0.15) is 18.4 Å². The number of hydrogen-bond acceptors (Lipinski definition) is 4. The minimum Gasteiger partial charge on any atom is -0.303 e. The van der Waals surface area contributed by atoms with Crippen molar-refractivity contribution >= 4 is 34.6 Å². The van der Waals surface area contributed by atoms with Gasteiger partial charge in [0.1, 0.15) is 17.4 Å². The number of nitriles is 1. The van der Waals surface area contributed by atoms with E-state index in [2.05, 4.69) is 4.98 Å². The van der Waals surface area contributed by atoms with Crippen molar-refractivity contribution in [2.75, 3.05) is 9.80 Å². The molecule has 1 saturated heterocycles. The lowest BCUT2D eigenvalue weighted by Gasteiger charge is -2.43. The van der Waals surface area contributed by atoms with Crippen LogP contribution in [0, 0.1) is 17.1 Å². The highest BCUT2D eigenvalue weighted by Crippen LogP contribution is 2.48. The van der Waals surface area contributed by atoms with Crippen molar-refractivity contribution in [3.05, 3.63) is 53.1 Å². The number of nitrogens with zero attached hydrogens (tertiary/aromatic N) is 4. The minimum absolute atomic E-state index is 0.0482. The summed E-state index contributed by atoms with van der Waals surface area (Å²) < 4.78 is 54.7. The Balaban J connectivity index is 1.82. The molecule has 1 amide bonds. The Kier molecular flexibility index (Phi) is 4.97. The van der Waals surface area contributed by atoms with Gasteiger partial charge >= 0.3 is 6.18 Å². The van der Waals surface area contributed by atoms with Crippen LogP contribution >= 0.6 is 12.2 Å². The SMILES string of the molecule is CCc1ccc(N2C(=S)N(c3cnc(C#N)c(C(F)(F)F)c3)C(=O)C23CCC3)cc1F. The second-order valence-corrected chi connectivity index (χ2v) is 7.84. The number of rotatable bonds is 3. The third-order valence-corrected chi connectivity index (χ3v) is 6.18. The van der Waals surface area contributed by atoms with Crippen LogP contribution in [0.25, 0.3) is 0 Å². The zero-order valence-corrected chi connectivity index (χ0v) is 17.1. The lowest BCUT2D eigenvalue weighted by Crippen LogP contribution is -2.55. The Morgan fingerprint density at radius 3 is 2.48 bits per heavy atom. The molecule has 1 aromatic carbocycles. The van der Waals surface area contributed by atoms with Crippen molar-refractivity contribution in [3.63, 3.8) is 0 Å². The molecule has 1 aromatic heterocycles. The number of carbonyl (C=O) groups excluding carboxylic acids is 1. The molecule has 4 rings (SSSR count). The maximum atomic E-state index is 14.5. The van der Waals surface area contributed by atoms with E-state index in [4.69, 9.17) is 17.5 Å². The lowest BCUT2D eigenvalue weighted by molar-refractivity contribution is -0.138. The predicted octanol–water partition coefficient (Wildman–Crippen LogP) is 4.73. The monoisotopic (exact) mass is 448 g/mol. The predicted molar refractivity (Wildman–Crippen MR) is 109 cm³/mol. The lowest BCUT2D eigenvalue weighted by atomic mass is 9.75. The summed E-state index contributed by atoms with van der Waals surface area (Å²) in [5.74, 6) is -0.925. The number of amides is 1. The third kappa shape index (κ3) is 3.15. The van der Waals surface area contributed by atoms with Gasteiger partial charge in [0.15, 0.2) is 10.8 Å². The molecule has 1 aliphatic carbocycles. The van der Waals surface area contributed by atoms with Crippen molar-refractivity contribution in [2.45, 2.75) is 44.3 Å². The first kappa shape index (κ1) is 21.2. The zero-order valence-electron chi connectivity index (χ0n) is 16.3. The number of hydrogen-bond donors (Lipinski definition) is 0. The molecule has 1 spiro atoms. The van der Waals surface area contributed by atoms with Gasteiger partial charge in [0.2, 0.25) is 0 Å². The van der Waals surface area contributed by atoms with Crippen molar-refractivity contribution in [1.29, 1.82) is 5.26 Å². The molecule has 1 aliphatic heterocycles. The Labute approximate surface area is 180 Å². The number of alkyl halides is 3. The van der Waals surface area contributed by atoms with Gasteiger partial charge in [0, 0.05) is 5.69 Å². The fourth-order valence-corrected chi connectivity index (χ4v) is 4.52. The maximum absolute atomic E-state index is 14.5. The van der Waals surface area contributed by atoms with Gasteiger partial charge in [-0.15, -0.1) is 0 Å². The standard InChI is InChI=1S/C21H16F4N4OS/c1-2-12-4-5-13(9-16(12)22)29-19(31)28(18(30)20(29)6-3-7-20)14-8-15(21(23,24)25)17(10-26)27-11-14/h4-5,8-9,11H,2-3,6-7H2,1H3. The smallest absolute Gasteiger partial charge is 0.303 e. The molecular weight excluding hydrogens is 432 g/mol. The van der Waals surface area contributed by atoms with E-state index in [-0.39, 0.29) is 10.8 Å². The van der Waals surface area contributed by atoms with E-state index in [1.165, 1.54) is 17.0 Å². The quantitative estimate of drug-likeness (QED) is 0.502. The van der Waals surface area contributed by atoms with Crippen LogP contribution in [0.1, 0.15) is 43.0 Å². The fourth-order valence-electron chi connectivity index (χ4n) is 4.05. The van der Waals surface area contributed by atoms with Gasteiger partial charge < -0.3 is 4.90 Å². The highest BCUT2D eigenvalue weighted by atomic mass is 32.1. The van der Waals surface area contributed by atoms with E-state index < -0.39 is 34.7 Å². The molecule has 31 heavy (non-hydrogen) atoms. The number of aryl methyl sites for hydroxylation is 1. The highest BCUT2D eigenvalue weighted by molar-refractivity contribution is 7.81. The van der Waals surface area contributed by atoms with Crippen LogP contribution in [0.2, 0.25) is 0 Å². The van der Waals surface area contributed by atoms with Crippen LogP contribution in [-0.2, 0) is 17.4 Å². The maximum Gasteiger partial charge on any atom is 0.419 e. The number of carbonyl (C=O) groups is 1. The van der Waals surface area contributed by atoms with Crippen LogP contribution in [0.3, 0.4) is 0 Å². The summed E-state index contributed by atoms with van der Waals surface area (Å²) in [6.45, 7) is 1.81. The molecule has 5 nitrogen and oxygen atoms in total. The van der Waals surface area contributed by atoms with Crippen LogP contribution in [0.5, 0.6) is 0 Å². The molecule has 0 N–H and O–H groups in total. The molecule has 0 atom stereocenters. The average Bonchev–Trinajstić information content (AvgIpc) is 2.93. The number of halogens is 4. The average molecular weight is 448 g/mol. The van der Waals surface area contributed by atoms with E-state index in [9.17, 15) is 22.4 Å². The van der Waals surface area contributed by atoms with Gasteiger partial charge in [-0.25, -0.2) is 9.37 Å². The normalized spacial score (nSPS) is 17.8. The molecule has 1 saturated carbocycles. The van der Waals surface area contributed by atoms with Crippen molar-refractivity contribution in [2.24, 2.45) is 0 Å². The molecule has 160 valence electrons. The zero-order chi connectivity index (χ0) is 22.6. The number of anilines is 2. The summed E-state index contributed by atoms with van der Waals surface area (Å²) in [6, 6.07) is 6.67. The van der Waals surface area contributed by atoms with Crippen LogP contribution in [0.4, 0.5) is 28.9 Å². The number of aromatic nitrogens is 1. The van der Waals surface area contributed by atoms with Gasteiger partial charge in [-0.05, 0) is 61.7 Å². The summed E-state index contributed by atoms with van der Waals surface area (Å²) in [7, 11) is 0. The second-order valence-electron chi connectivity index (χ2n) is 7.47. The first-order chi connectivity index (χ1) is 14.6. The topological polar surface area (TPSA) is 60.2 Å². The van der Waals surface area contributed by atoms with Crippen molar-refractivity contribution in [3.8, 4) is 6.07 Å². The molecule has 2 heterocycles. The van der Waals surface area contributed by atoms with Gasteiger partial charge in [-0.1, -0.05) is 13.0 Å². The van der Waals surface area contributed by atoms with E-state index in [1.54, 1.807) is 12.1 Å². The number of thiocarbonyl (C=S) groups is 1. The molecular formula is C21H16F4N4OS. The van der Waals surface area contributed by atoms with E-state index >= 15 is 0 Å². The second kappa shape index (κ2) is 7.27. The molecule has 2 aliphatic rings. The molecule has 2 fully saturated rings. The Hall–Kier alpha value is -3.06. The number of benzene rings is 1. The molecule has 2 aromatic rings. The Morgan fingerprint density at radius 2 is 1.97 bits per heavy atom. The van der Waals surface area contributed by atoms with Gasteiger partial charge in [0.05, 0.1) is 17.4 Å². The fraction of sp³-hybridized carbons (Fsp3) is 0.333. The molecule has 10 heteroatoms. The van der Waals surface area contributed by atoms with Crippen molar-refractivity contribution in [1.82, 2.24) is 4.98 Å². The summed E-state index contributed by atoms with van der Waals surface area (Å²) in [5.41, 5.74) is -2.41. The largest absolute Gasteiger partial charge is 0.419 e. The van der Waals surface area contributed by atoms with Crippen LogP contribution < -0.4 is 9.80 Å². The van der Waals surface area contributed by atoms with Gasteiger partial charge in [-0.3, -0.25) is 9.69 Å². The first-order valence-corrected chi connectivity index (χ1v) is 9.99.